The molecule has 1 N–H and O–H groups in total. The number of halogens is 2. The average molecular weight is 738 g/mol. The minimum Gasteiger partial charge on any atom is -0.507 e. The Bertz CT molecular complexity index is 1530. The van der Waals surface area contributed by atoms with Crippen molar-refractivity contribution in [1.29, 1.82) is 0 Å². The fourth-order valence-electron chi connectivity index (χ4n) is 3.67. The van der Waals surface area contributed by atoms with E-state index >= 15 is 0 Å². The molecule has 4 rings (SSSR count). The summed E-state index contributed by atoms with van der Waals surface area (Å²) in [6, 6.07) is 19.4. The monoisotopic (exact) mass is 738 g/mol. The van der Waals surface area contributed by atoms with Crippen molar-refractivity contribution >= 4 is 78.7 Å². The van der Waals surface area contributed by atoms with Gasteiger partial charge < -0.3 is 19.3 Å². The molecule has 0 radical (unpaired) electrons. The third-order valence-corrected chi connectivity index (χ3v) is 8.98. The van der Waals surface area contributed by atoms with Gasteiger partial charge in [0.2, 0.25) is 0 Å². The van der Waals surface area contributed by atoms with E-state index in [1.54, 1.807) is 30.3 Å². The number of rotatable bonds is 8. The van der Waals surface area contributed by atoms with E-state index in [9.17, 15) is 14.7 Å². The molecule has 4 aromatic carbocycles. The molecule has 4 aromatic rings. The Kier molecular flexibility index (Phi) is 8.41. The lowest BCUT2D eigenvalue weighted by atomic mass is 10.1. The summed E-state index contributed by atoms with van der Waals surface area (Å²) < 4.78 is 16.6. The number of fused-ring (bicyclic) bond motifs is 2. The highest BCUT2D eigenvalue weighted by Gasteiger charge is 2.32. The van der Waals surface area contributed by atoms with E-state index < -0.39 is 6.84 Å². The largest absolute Gasteiger partial charge is 0.507 e. The standard InChI is InChI=1S/C30H28I2O6/c1-5-29(3,31)27(34)37-24-16-14-23(33)21-13-12-19(17-22(21)24)36-25-15-11-18-9-7-8-10-20(18)26(25)38-28(35)30(4,32)6-2/h7-17,33H,5-6H2,1-4H3. The second kappa shape index (κ2) is 11.3. The van der Waals surface area contributed by atoms with E-state index in [0.29, 0.717) is 46.6 Å². The maximum absolute atomic E-state index is 13.0. The number of carbonyl (C=O) groups is 2. The lowest BCUT2D eigenvalue weighted by Gasteiger charge is -2.21. The van der Waals surface area contributed by atoms with Crippen molar-refractivity contribution < 1.29 is 28.9 Å². The molecule has 0 aliphatic rings. The number of carbonyl (C=O) groups excluding carboxylic acids is 2. The first-order valence-corrected chi connectivity index (χ1v) is 14.4. The van der Waals surface area contributed by atoms with Crippen LogP contribution in [0.4, 0.5) is 0 Å². The van der Waals surface area contributed by atoms with Crippen LogP contribution in [0.5, 0.6) is 28.7 Å². The summed E-state index contributed by atoms with van der Waals surface area (Å²) >= 11 is 4.19. The smallest absolute Gasteiger partial charge is 0.327 e. The third kappa shape index (κ3) is 5.85. The van der Waals surface area contributed by atoms with Gasteiger partial charge in [0.05, 0.1) is 0 Å². The van der Waals surface area contributed by atoms with Gasteiger partial charge in [-0.05, 0) is 68.5 Å². The Morgan fingerprint density at radius 2 is 1.39 bits per heavy atom. The maximum atomic E-state index is 13.0. The molecule has 0 saturated carbocycles. The van der Waals surface area contributed by atoms with Crippen LogP contribution in [0.3, 0.4) is 0 Å². The van der Waals surface area contributed by atoms with Crippen LogP contribution < -0.4 is 14.2 Å². The van der Waals surface area contributed by atoms with Gasteiger partial charge in [0.25, 0.3) is 0 Å². The molecular weight excluding hydrogens is 710 g/mol. The molecule has 38 heavy (non-hydrogen) atoms. The minimum atomic E-state index is -0.698. The van der Waals surface area contributed by atoms with Gasteiger partial charge in [0.15, 0.2) is 11.5 Å². The lowest BCUT2D eigenvalue weighted by Crippen LogP contribution is -2.31. The van der Waals surface area contributed by atoms with Gasteiger partial charge in [0, 0.05) is 16.2 Å². The highest BCUT2D eigenvalue weighted by Crippen LogP contribution is 2.42. The van der Waals surface area contributed by atoms with Crippen molar-refractivity contribution in [3.05, 3.63) is 66.7 Å². The van der Waals surface area contributed by atoms with Crippen LogP contribution in [0.1, 0.15) is 40.5 Å². The van der Waals surface area contributed by atoms with Gasteiger partial charge >= 0.3 is 11.9 Å². The lowest BCUT2D eigenvalue weighted by molar-refractivity contribution is -0.137. The molecule has 0 aliphatic carbocycles. The first-order chi connectivity index (χ1) is 18.0. The average Bonchev–Trinajstić information content (AvgIpc) is 2.91. The number of benzene rings is 4. The number of alkyl halides is 2. The van der Waals surface area contributed by atoms with Crippen molar-refractivity contribution in [3.63, 3.8) is 0 Å². The molecule has 2 atom stereocenters. The summed E-state index contributed by atoms with van der Waals surface area (Å²) in [4.78, 5) is 25.8. The first kappa shape index (κ1) is 28.4. The van der Waals surface area contributed by atoms with Gasteiger partial charge in [-0.25, -0.2) is 0 Å². The molecule has 0 aliphatic heterocycles. The highest BCUT2D eigenvalue weighted by molar-refractivity contribution is 14.1. The molecule has 0 saturated heterocycles. The number of esters is 2. The zero-order chi connectivity index (χ0) is 27.7. The Labute approximate surface area is 248 Å². The molecule has 0 bridgehead atoms. The summed E-state index contributed by atoms with van der Waals surface area (Å²) in [6.45, 7) is 7.50. The predicted octanol–water partition coefficient (Wildman–Crippen LogP) is 8.51. The number of aromatic hydroxyl groups is 1. The number of phenols is 1. The van der Waals surface area contributed by atoms with Crippen LogP contribution in [-0.2, 0) is 9.59 Å². The van der Waals surface area contributed by atoms with Crippen LogP contribution in [-0.4, -0.2) is 23.9 Å². The van der Waals surface area contributed by atoms with E-state index in [0.717, 1.165) is 10.8 Å². The minimum absolute atomic E-state index is 0.0558. The van der Waals surface area contributed by atoms with E-state index in [4.69, 9.17) is 14.2 Å². The summed E-state index contributed by atoms with van der Waals surface area (Å²) in [6.07, 6.45) is 1.21. The van der Waals surface area contributed by atoms with Crippen LogP contribution in [0.25, 0.3) is 21.5 Å². The maximum Gasteiger partial charge on any atom is 0.327 e. The van der Waals surface area contributed by atoms with Gasteiger partial charge in [-0.3, -0.25) is 9.59 Å². The second-order valence-corrected chi connectivity index (χ2v) is 14.1. The van der Waals surface area contributed by atoms with Gasteiger partial charge in [-0.1, -0.05) is 89.4 Å². The van der Waals surface area contributed by atoms with Crippen LogP contribution in [0.2, 0.25) is 0 Å². The SMILES string of the molecule is CCC(C)(I)C(=O)Oc1c(Oc2ccc3c(O)ccc(OC(=O)C(C)(I)CC)c3c2)ccc2ccccc12. The Morgan fingerprint density at radius 1 is 0.763 bits per heavy atom. The zero-order valence-electron chi connectivity index (χ0n) is 21.5. The Hall–Kier alpha value is -2.60. The van der Waals surface area contributed by atoms with Crippen LogP contribution in [0.15, 0.2) is 66.7 Å². The summed E-state index contributed by atoms with van der Waals surface area (Å²) in [5.74, 6) is 0.754. The molecule has 198 valence electrons. The van der Waals surface area contributed by atoms with Crippen molar-refractivity contribution in [2.45, 2.75) is 47.4 Å². The molecule has 6 nitrogen and oxygen atoms in total. The fourth-order valence-corrected chi connectivity index (χ4v) is 3.89. The molecule has 2 unspecified atom stereocenters. The van der Waals surface area contributed by atoms with Crippen LogP contribution >= 0.6 is 45.2 Å². The van der Waals surface area contributed by atoms with Crippen molar-refractivity contribution in [1.82, 2.24) is 0 Å². The Balaban J connectivity index is 1.77. The number of ether oxygens (including phenoxy) is 3. The second-order valence-electron chi connectivity index (χ2n) is 9.39. The molecule has 0 spiro atoms. The van der Waals surface area contributed by atoms with Gasteiger partial charge in [-0.2, -0.15) is 0 Å². The molecule has 0 fully saturated rings. The van der Waals surface area contributed by atoms with E-state index in [2.05, 4.69) is 45.2 Å². The predicted molar refractivity (Wildman–Crippen MR) is 166 cm³/mol. The van der Waals surface area contributed by atoms with Gasteiger partial charge in [-0.15, -0.1) is 0 Å². The Morgan fingerprint density at radius 3 is 2.08 bits per heavy atom. The molecule has 0 amide bonds. The molecular formula is C30H28I2O6. The van der Waals surface area contributed by atoms with E-state index in [1.807, 2.05) is 58.0 Å². The summed E-state index contributed by atoms with van der Waals surface area (Å²) in [7, 11) is 0. The number of hydrogen-bond donors (Lipinski definition) is 1. The van der Waals surface area contributed by atoms with E-state index in [1.165, 1.54) is 6.07 Å². The van der Waals surface area contributed by atoms with Crippen molar-refractivity contribution in [2.24, 2.45) is 0 Å². The molecule has 0 aromatic heterocycles. The quantitative estimate of drug-likeness (QED) is 0.0846. The van der Waals surface area contributed by atoms with E-state index in [-0.39, 0.29) is 17.7 Å². The normalized spacial score (nSPS) is 14.5. The highest BCUT2D eigenvalue weighted by atomic mass is 127. The molecule has 8 heteroatoms. The zero-order valence-corrected chi connectivity index (χ0v) is 25.8. The first-order valence-electron chi connectivity index (χ1n) is 12.2. The fraction of sp³-hybridized carbons (Fsp3) is 0.267. The summed E-state index contributed by atoms with van der Waals surface area (Å²) in [5.41, 5.74) is 0. The molecule has 0 heterocycles. The third-order valence-electron chi connectivity index (χ3n) is 6.57. The van der Waals surface area contributed by atoms with Crippen molar-refractivity contribution in [2.75, 3.05) is 0 Å². The number of phenolic OH excluding ortho intramolecular Hbond substituents is 1. The number of hydrogen-bond acceptors (Lipinski definition) is 6. The van der Waals surface area contributed by atoms with Crippen LogP contribution in [0, 0.1) is 0 Å². The summed E-state index contributed by atoms with van der Waals surface area (Å²) in [5, 5.41) is 13.1. The topological polar surface area (TPSA) is 82.1 Å². The van der Waals surface area contributed by atoms with Crippen molar-refractivity contribution in [3.8, 4) is 28.7 Å². The van der Waals surface area contributed by atoms with Gasteiger partial charge in [0.1, 0.15) is 24.1 Å².